The fraction of sp³-hybridized carbons (Fsp3) is 0. The van der Waals surface area contributed by atoms with Crippen molar-refractivity contribution in [2.75, 3.05) is 0 Å². The van der Waals surface area contributed by atoms with Gasteiger partial charge in [-0.15, -0.1) is 0 Å². The number of hydrogen-bond donors (Lipinski definition) is 0. The van der Waals surface area contributed by atoms with Gasteiger partial charge >= 0.3 is 0 Å². The molecule has 0 aliphatic carbocycles. The first-order valence-electron chi connectivity index (χ1n) is 3.35. The van der Waals surface area contributed by atoms with Gasteiger partial charge in [0.25, 0.3) is 5.69 Å². The van der Waals surface area contributed by atoms with E-state index in [-0.39, 0.29) is 16.4 Å². The third kappa shape index (κ3) is 2.19. The van der Waals surface area contributed by atoms with Crippen molar-refractivity contribution in [1.29, 1.82) is 5.26 Å². The van der Waals surface area contributed by atoms with Crippen molar-refractivity contribution in [3.63, 3.8) is 0 Å². The van der Waals surface area contributed by atoms with Gasteiger partial charge in [0.05, 0.1) is 10.5 Å². The summed E-state index contributed by atoms with van der Waals surface area (Å²) in [5.41, 5.74) is -0.0425. The third-order valence-electron chi connectivity index (χ3n) is 1.29. The lowest BCUT2D eigenvalue weighted by atomic mass is 10.2. The van der Waals surface area contributed by atoms with Crippen LogP contribution in [0.2, 0.25) is 5.15 Å². The van der Waals surface area contributed by atoms with E-state index < -0.39 is 4.92 Å². The lowest BCUT2D eigenvalue weighted by Crippen LogP contribution is -1.91. The van der Waals surface area contributed by atoms with Gasteiger partial charge in [-0.3, -0.25) is 10.1 Å². The molecule has 0 aliphatic rings. The van der Waals surface area contributed by atoms with E-state index in [1.54, 1.807) is 6.07 Å². The quantitative estimate of drug-likeness (QED) is 0.303. The Labute approximate surface area is 84.1 Å². The largest absolute Gasteiger partial charge is 0.288 e. The van der Waals surface area contributed by atoms with Gasteiger partial charge in [-0.2, -0.15) is 5.26 Å². The number of nitro groups is 1. The minimum atomic E-state index is -0.610. The van der Waals surface area contributed by atoms with E-state index in [0.29, 0.717) is 0 Å². The first kappa shape index (κ1) is 9.97. The van der Waals surface area contributed by atoms with Crippen molar-refractivity contribution in [3.05, 3.63) is 33.1 Å². The van der Waals surface area contributed by atoms with Crippen molar-refractivity contribution < 1.29 is 4.92 Å². The molecule has 0 spiro atoms. The Bertz CT molecular complexity index is 482. The smallest absolute Gasteiger partial charge is 0.258 e. The molecule has 0 saturated carbocycles. The standard InChI is InChI=1S/C8H2ClN3O2/c9-8-6(2-1-3-10)4-7(5-11-8)12(13)14/h4-5H. The van der Waals surface area contributed by atoms with E-state index in [4.69, 9.17) is 16.9 Å². The molecule has 0 aliphatic heterocycles. The van der Waals surface area contributed by atoms with Gasteiger partial charge in [-0.05, 0) is 5.92 Å². The molecule has 0 amide bonds. The van der Waals surface area contributed by atoms with Crippen LogP contribution in [0.25, 0.3) is 0 Å². The first-order valence-corrected chi connectivity index (χ1v) is 3.73. The molecule has 1 aromatic heterocycles. The Morgan fingerprint density at radius 2 is 2.36 bits per heavy atom. The summed E-state index contributed by atoms with van der Waals surface area (Å²) in [6.07, 6.45) is 1.03. The maximum atomic E-state index is 10.3. The summed E-state index contributed by atoms with van der Waals surface area (Å²) in [4.78, 5) is 13.3. The molecule has 0 bridgehead atoms. The summed E-state index contributed by atoms with van der Waals surface area (Å²) < 4.78 is 0. The average molecular weight is 208 g/mol. The average Bonchev–Trinajstić information content (AvgIpc) is 2.16. The second-order valence-electron chi connectivity index (χ2n) is 2.15. The van der Waals surface area contributed by atoms with E-state index in [1.165, 1.54) is 6.07 Å². The van der Waals surface area contributed by atoms with Crippen LogP contribution in [0.3, 0.4) is 0 Å². The third-order valence-corrected chi connectivity index (χ3v) is 1.59. The van der Waals surface area contributed by atoms with Crippen LogP contribution in [0.1, 0.15) is 5.56 Å². The molecule has 0 atom stereocenters. The summed E-state index contributed by atoms with van der Waals surface area (Å²) in [7, 11) is 0. The van der Waals surface area contributed by atoms with Crippen molar-refractivity contribution in [2.24, 2.45) is 0 Å². The summed E-state index contributed by atoms with van der Waals surface area (Å²) in [5.74, 6) is 4.43. The lowest BCUT2D eigenvalue weighted by Gasteiger charge is -1.93. The molecule has 0 unspecified atom stereocenters. The summed E-state index contributed by atoms with van der Waals surface area (Å²) in [6, 6.07) is 2.74. The molecular formula is C8H2ClN3O2. The van der Waals surface area contributed by atoms with Crippen molar-refractivity contribution >= 4 is 17.3 Å². The molecule has 1 rings (SSSR count). The number of rotatable bonds is 1. The van der Waals surface area contributed by atoms with Crippen LogP contribution < -0.4 is 0 Å². The zero-order chi connectivity index (χ0) is 10.6. The van der Waals surface area contributed by atoms with Crippen LogP contribution in [-0.4, -0.2) is 9.91 Å². The van der Waals surface area contributed by atoms with Crippen molar-refractivity contribution in [1.82, 2.24) is 4.98 Å². The molecule has 68 valence electrons. The highest BCUT2D eigenvalue weighted by Crippen LogP contribution is 2.17. The topological polar surface area (TPSA) is 79.8 Å². The van der Waals surface area contributed by atoms with Gasteiger partial charge in [-0.25, -0.2) is 4.98 Å². The van der Waals surface area contributed by atoms with Crippen LogP contribution >= 0.6 is 11.6 Å². The van der Waals surface area contributed by atoms with Gasteiger partial charge < -0.3 is 0 Å². The Kier molecular flexibility index (Phi) is 3.01. The summed E-state index contributed by atoms with van der Waals surface area (Å²) >= 11 is 5.59. The predicted octanol–water partition coefficient (Wildman–Crippen LogP) is 1.52. The van der Waals surface area contributed by atoms with Gasteiger partial charge in [0, 0.05) is 12.0 Å². The maximum absolute atomic E-state index is 10.3. The molecule has 1 heterocycles. The number of aromatic nitrogens is 1. The fourth-order valence-electron chi connectivity index (χ4n) is 0.720. The van der Waals surface area contributed by atoms with Crippen LogP contribution in [0.15, 0.2) is 12.3 Å². The normalized spacial score (nSPS) is 8.29. The van der Waals surface area contributed by atoms with Crippen LogP contribution in [0.4, 0.5) is 5.69 Å². The van der Waals surface area contributed by atoms with Crippen LogP contribution in [0, 0.1) is 33.3 Å². The summed E-state index contributed by atoms with van der Waals surface area (Å²) in [5, 5.41) is 18.6. The lowest BCUT2D eigenvalue weighted by molar-refractivity contribution is -0.385. The molecule has 0 fully saturated rings. The summed E-state index contributed by atoms with van der Waals surface area (Å²) in [6.45, 7) is 0. The Hall–Kier alpha value is -2.11. The van der Waals surface area contributed by atoms with E-state index in [2.05, 4.69) is 16.8 Å². The molecule has 1 aromatic rings. The van der Waals surface area contributed by atoms with Gasteiger partial charge in [-0.1, -0.05) is 11.6 Å². The molecule has 6 heteroatoms. The molecule has 0 N–H and O–H groups in total. The highest BCUT2D eigenvalue weighted by atomic mass is 35.5. The second kappa shape index (κ2) is 4.22. The molecule has 14 heavy (non-hydrogen) atoms. The molecular weight excluding hydrogens is 206 g/mol. The van der Waals surface area contributed by atoms with Crippen LogP contribution in [0.5, 0.6) is 0 Å². The second-order valence-corrected chi connectivity index (χ2v) is 2.51. The number of hydrogen-bond acceptors (Lipinski definition) is 4. The molecule has 5 nitrogen and oxygen atoms in total. The van der Waals surface area contributed by atoms with Gasteiger partial charge in [0.2, 0.25) is 0 Å². The van der Waals surface area contributed by atoms with E-state index in [9.17, 15) is 10.1 Å². The number of pyridine rings is 1. The Morgan fingerprint density at radius 3 is 2.93 bits per heavy atom. The van der Waals surface area contributed by atoms with Crippen molar-refractivity contribution in [3.8, 4) is 17.9 Å². The van der Waals surface area contributed by atoms with Gasteiger partial charge in [0.15, 0.2) is 6.07 Å². The number of nitriles is 1. The highest BCUT2D eigenvalue weighted by Gasteiger charge is 2.09. The Balaban J connectivity index is 3.23. The van der Waals surface area contributed by atoms with Gasteiger partial charge in [0.1, 0.15) is 11.3 Å². The number of halogens is 1. The highest BCUT2D eigenvalue weighted by molar-refractivity contribution is 6.30. The zero-order valence-electron chi connectivity index (χ0n) is 6.69. The molecule has 0 radical (unpaired) electrons. The predicted molar refractivity (Wildman–Crippen MR) is 48.4 cm³/mol. The number of nitrogens with zero attached hydrogens (tertiary/aromatic N) is 3. The zero-order valence-corrected chi connectivity index (χ0v) is 7.45. The maximum Gasteiger partial charge on any atom is 0.288 e. The monoisotopic (exact) mass is 207 g/mol. The SMILES string of the molecule is N#CC#Cc1cc([N+](=O)[O-])cnc1Cl. The Morgan fingerprint density at radius 1 is 1.64 bits per heavy atom. The first-order chi connectivity index (χ1) is 6.65. The minimum Gasteiger partial charge on any atom is -0.258 e. The molecule has 0 saturated heterocycles. The van der Waals surface area contributed by atoms with Crippen LogP contribution in [-0.2, 0) is 0 Å². The van der Waals surface area contributed by atoms with E-state index >= 15 is 0 Å². The van der Waals surface area contributed by atoms with Crippen molar-refractivity contribution in [2.45, 2.75) is 0 Å². The minimum absolute atomic E-state index is 0.0401. The molecule has 0 aromatic carbocycles. The van der Waals surface area contributed by atoms with E-state index in [0.717, 1.165) is 6.20 Å². The fourth-order valence-corrected chi connectivity index (χ4v) is 0.870. The van der Waals surface area contributed by atoms with E-state index in [1.807, 2.05) is 0 Å².